The van der Waals surface area contributed by atoms with Gasteiger partial charge >= 0.3 is 0 Å². The molecule has 2 heterocycles. The number of amides is 1. The van der Waals surface area contributed by atoms with Gasteiger partial charge in [-0.25, -0.2) is 4.98 Å². The Bertz CT molecular complexity index is 871. The van der Waals surface area contributed by atoms with Gasteiger partial charge in [0.1, 0.15) is 4.83 Å². The Morgan fingerprint density at radius 1 is 1.21 bits per heavy atom. The fraction of sp³-hybridized carbons (Fsp3) is 0.278. The van der Waals surface area contributed by atoms with Crippen molar-refractivity contribution in [3.63, 3.8) is 0 Å². The quantitative estimate of drug-likeness (QED) is 0.672. The molecular weight excluding hydrogens is 322 g/mol. The number of fused-ring (bicyclic) bond motifs is 1. The smallest absolute Gasteiger partial charge is 0.262 e. The molecule has 0 aliphatic heterocycles. The lowest BCUT2D eigenvalue weighted by molar-refractivity contribution is -0.121. The molecule has 0 radical (unpaired) electrons. The average molecular weight is 341 g/mol. The molecule has 0 saturated heterocycles. The first-order valence-electron chi connectivity index (χ1n) is 7.97. The van der Waals surface area contributed by atoms with Crippen LogP contribution in [0.1, 0.15) is 18.4 Å². The molecule has 0 aliphatic rings. The third kappa shape index (κ3) is 4.08. The highest BCUT2D eigenvalue weighted by Gasteiger charge is 2.07. The molecule has 0 fully saturated rings. The molecule has 1 aromatic carbocycles. The van der Waals surface area contributed by atoms with Crippen LogP contribution in [-0.4, -0.2) is 22.0 Å². The highest BCUT2D eigenvalue weighted by atomic mass is 32.1. The topological polar surface area (TPSA) is 64.0 Å². The maximum atomic E-state index is 12.2. The molecule has 24 heavy (non-hydrogen) atoms. The van der Waals surface area contributed by atoms with E-state index in [1.54, 1.807) is 6.07 Å². The molecule has 3 rings (SSSR count). The highest BCUT2D eigenvalue weighted by Crippen LogP contribution is 2.13. The fourth-order valence-corrected chi connectivity index (χ4v) is 3.25. The molecule has 0 spiro atoms. The molecular formula is C18H19N3O2S. The summed E-state index contributed by atoms with van der Waals surface area (Å²) in [6.45, 7) is 0.993. The number of carbonyl (C=O) groups excluding carboxylic acids is 1. The van der Waals surface area contributed by atoms with Crippen molar-refractivity contribution in [2.45, 2.75) is 25.8 Å². The molecule has 2 aromatic heterocycles. The molecule has 3 aromatic rings. The van der Waals surface area contributed by atoms with E-state index < -0.39 is 0 Å². The molecule has 0 aliphatic carbocycles. The number of aryl methyl sites for hydroxylation is 2. The summed E-state index contributed by atoms with van der Waals surface area (Å²) in [4.78, 5) is 29.1. The minimum absolute atomic E-state index is 0.0413. The molecule has 0 unspecified atom stereocenters. The molecule has 0 atom stereocenters. The molecule has 0 saturated carbocycles. The Labute approximate surface area is 144 Å². The number of hydrogen-bond acceptors (Lipinski definition) is 4. The van der Waals surface area contributed by atoms with E-state index in [9.17, 15) is 9.59 Å². The number of hydrogen-bond donors (Lipinski definition) is 1. The van der Waals surface area contributed by atoms with Crippen molar-refractivity contribution in [1.29, 1.82) is 0 Å². The van der Waals surface area contributed by atoms with Crippen molar-refractivity contribution in [3.05, 3.63) is 64.0 Å². The summed E-state index contributed by atoms with van der Waals surface area (Å²) in [5, 5.41) is 5.37. The van der Waals surface area contributed by atoms with Crippen molar-refractivity contribution >= 4 is 27.5 Å². The van der Waals surface area contributed by atoms with E-state index in [-0.39, 0.29) is 17.9 Å². The van der Waals surface area contributed by atoms with Crippen molar-refractivity contribution in [2.24, 2.45) is 0 Å². The van der Waals surface area contributed by atoms with Gasteiger partial charge in [-0.3, -0.25) is 14.2 Å². The fourth-order valence-electron chi connectivity index (χ4n) is 2.53. The Morgan fingerprint density at radius 2 is 2.04 bits per heavy atom. The van der Waals surface area contributed by atoms with Crippen molar-refractivity contribution in [1.82, 2.24) is 14.9 Å². The first-order chi connectivity index (χ1) is 11.7. The largest absolute Gasteiger partial charge is 0.356 e. The van der Waals surface area contributed by atoms with Gasteiger partial charge in [-0.2, -0.15) is 0 Å². The van der Waals surface area contributed by atoms with Crippen molar-refractivity contribution in [3.8, 4) is 0 Å². The standard InChI is InChI=1S/C18H19N3O2S/c22-16(19-10-4-7-14-5-2-1-3-6-14)8-11-21-13-20-17-15(18(21)23)9-12-24-17/h1-3,5-6,9,12-13H,4,7-8,10-11H2,(H,19,22). The third-order valence-corrected chi connectivity index (χ3v) is 4.66. The lowest BCUT2D eigenvalue weighted by Gasteiger charge is -2.07. The van der Waals surface area contributed by atoms with E-state index in [0.29, 0.717) is 18.5 Å². The summed E-state index contributed by atoms with van der Waals surface area (Å²) in [5.74, 6) is -0.0413. The normalized spacial score (nSPS) is 10.8. The van der Waals surface area contributed by atoms with Crippen LogP contribution < -0.4 is 10.9 Å². The second-order valence-corrected chi connectivity index (χ2v) is 6.47. The van der Waals surface area contributed by atoms with Gasteiger partial charge in [0.15, 0.2) is 0 Å². The summed E-state index contributed by atoms with van der Waals surface area (Å²) in [6, 6.07) is 12.0. The zero-order chi connectivity index (χ0) is 16.8. The van der Waals surface area contributed by atoms with E-state index in [4.69, 9.17) is 0 Å². The molecule has 1 N–H and O–H groups in total. The first-order valence-corrected chi connectivity index (χ1v) is 8.85. The number of benzene rings is 1. The predicted octanol–water partition coefficient (Wildman–Crippen LogP) is 2.60. The Balaban J connectivity index is 1.43. The molecule has 1 amide bonds. The maximum Gasteiger partial charge on any atom is 0.262 e. The maximum absolute atomic E-state index is 12.2. The van der Waals surface area contributed by atoms with Crippen LogP contribution in [0.3, 0.4) is 0 Å². The van der Waals surface area contributed by atoms with Gasteiger partial charge in [-0.1, -0.05) is 30.3 Å². The molecule has 5 nitrogen and oxygen atoms in total. The monoisotopic (exact) mass is 341 g/mol. The van der Waals surface area contributed by atoms with Gasteiger partial charge in [-0.15, -0.1) is 11.3 Å². The minimum atomic E-state index is -0.0851. The lowest BCUT2D eigenvalue weighted by atomic mass is 10.1. The Morgan fingerprint density at radius 3 is 2.88 bits per heavy atom. The summed E-state index contributed by atoms with van der Waals surface area (Å²) >= 11 is 1.44. The number of rotatable bonds is 7. The van der Waals surface area contributed by atoms with Crippen LogP contribution in [0.15, 0.2) is 52.9 Å². The van der Waals surface area contributed by atoms with Crippen LogP contribution >= 0.6 is 11.3 Å². The average Bonchev–Trinajstić information content (AvgIpc) is 3.09. The summed E-state index contributed by atoms with van der Waals surface area (Å²) in [7, 11) is 0. The van der Waals surface area contributed by atoms with Gasteiger partial charge in [0.2, 0.25) is 5.91 Å². The number of carbonyl (C=O) groups is 1. The van der Waals surface area contributed by atoms with Crippen molar-refractivity contribution in [2.75, 3.05) is 6.54 Å². The van der Waals surface area contributed by atoms with E-state index >= 15 is 0 Å². The van der Waals surface area contributed by atoms with E-state index in [1.165, 1.54) is 27.8 Å². The first kappa shape index (κ1) is 16.4. The zero-order valence-corrected chi connectivity index (χ0v) is 14.1. The molecule has 124 valence electrons. The van der Waals surface area contributed by atoms with Gasteiger partial charge < -0.3 is 5.32 Å². The van der Waals surface area contributed by atoms with Crippen LogP contribution in [0.5, 0.6) is 0 Å². The van der Waals surface area contributed by atoms with Crippen LogP contribution in [0.4, 0.5) is 0 Å². The van der Waals surface area contributed by atoms with Crippen LogP contribution in [0.2, 0.25) is 0 Å². The SMILES string of the molecule is O=C(CCn1cnc2sccc2c1=O)NCCCc1ccccc1. The predicted molar refractivity (Wildman–Crippen MR) is 96.3 cm³/mol. The van der Waals surface area contributed by atoms with Crippen LogP contribution in [0, 0.1) is 0 Å². The van der Waals surface area contributed by atoms with Gasteiger partial charge in [0, 0.05) is 19.5 Å². The molecule has 0 bridgehead atoms. The van der Waals surface area contributed by atoms with Crippen LogP contribution in [-0.2, 0) is 17.8 Å². The highest BCUT2D eigenvalue weighted by molar-refractivity contribution is 7.16. The number of nitrogens with one attached hydrogen (secondary N) is 1. The van der Waals surface area contributed by atoms with Gasteiger partial charge in [-0.05, 0) is 29.9 Å². The second kappa shape index (κ2) is 7.88. The van der Waals surface area contributed by atoms with E-state index in [1.807, 2.05) is 23.6 Å². The summed E-state index contributed by atoms with van der Waals surface area (Å²) in [5.41, 5.74) is 1.19. The number of thiophene rings is 1. The van der Waals surface area contributed by atoms with Crippen LogP contribution in [0.25, 0.3) is 10.2 Å². The Kier molecular flexibility index (Phi) is 5.38. The van der Waals surface area contributed by atoms with E-state index in [2.05, 4.69) is 22.4 Å². The zero-order valence-electron chi connectivity index (χ0n) is 13.3. The summed E-state index contributed by atoms with van der Waals surface area (Å²) in [6.07, 6.45) is 3.64. The van der Waals surface area contributed by atoms with Gasteiger partial charge in [0.05, 0.1) is 11.7 Å². The number of nitrogens with zero attached hydrogens (tertiary/aromatic N) is 2. The Hall–Kier alpha value is -2.47. The third-order valence-electron chi connectivity index (χ3n) is 3.84. The number of aromatic nitrogens is 2. The second-order valence-electron chi connectivity index (χ2n) is 5.57. The minimum Gasteiger partial charge on any atom is -0.356 e. The van der Waals surface area contributed by atoms with Crippen molar-refractivity contribution < 1.29 is 4.79 Å². The van der Waals surface area contributed by atoms with E-state index in [0.717, 1.165) is 17.7 Å². The lowest BCUT2D eigenvalue weighted by Crippen LogP contribution is -2.28. The molecule has 6 heteroatoms. The van der Waals surface area contributed by atoms with Gasteiger partial charge in [0.25, 0.3) is 5.56 Å². The summed E-state index contributed by atoms with van der Waals surface area (Å²) < 4.78 is 1.50.